The minimum atomic E-state index is -0.827. The van der Waals surface area contributed by atoms with E-state index in [1.54, 1.807) is 26.8 Å². The highest BCUT2D eigenvalue weighted by atomic mass is 16.7. The van der Waals surface area contributed by atoms with E-state index in [1.807, 2.05) is 6.92 Å². The number of carbonyl (C=O) groups excluding carboxylic acids is 1. The van der Waals surface area contributed by atoms with E-state index in [1.165, 1.54) is 12.1 Å². The van der Waals surface area contributed by atoms with Crippen molar-refractivity contribution in [2.75, 3.05) is 0 Å². The Morgan fingerprint density at radius 1 is 1.31 bits per heavy atom. The summed E-state index contributed by atoms with van der Waals surface area (Å²) in [7, 11) is 0. The molecule has 1 aromatic carbocycles. The highest BCUT2D eigenvalue weighted by Crippen LogP contribution is 2.27. The SMILES string of the molecule is Cc1ccc(OC(=O)OC(C)(C)C)c(O)c1. The van der Waals surface area contributed by atoms with Gasteiger partial charge in [0.05, 0.1) is 0 Å². The largest absolute Gasteiger partial charge is 0.514 e. The van der Waals surface area contributed by atoms with Crippen LogP contribution in [0.4, 0.5) is 4.79 Å². The molecule has 0 radical (unpaired) electrons. The number of rotatable bonds is 1. The lowest BCUT2D eigenvalue weighted by Gasteiger charge is -2.18. The predicted molar refractivity (Wildman–Crippen MR) is 59.7 cm³/mol. The van der Waals surface area contributed by atoms with Crippen LogP contribution in [0, 0.1) is 6.92 Å². The second-order valence-electron chi connectivity index (χ2n) is 4.54. The maximum Gasteiger partial charge on any atom is 0.514 e. The molecule has 0 saturated carbocycles. The highest BCUT2D eigenvalue weighted by molar-refractivity contribution is 5.65. The van der Waals surface area contributed by atoms with Gasteiger partial charge in [-0.05, 0) is 45.4 Å². The Hall–Kier alpha value is -1.71. The molecule has 0 bridgehead atoms. The maximum absolute atomic E-state index is 11.3. The van der Waals surface area contributed by atoms with Crippen molar-refractivity contribution in [3.8, 4) is 11.5 Å². The summed E-state index contributed by atoms with van der Waals surface area (Å²) in [5.41, 5.74) is 0.270. The minimum absolute atomic E-state index is 0.0779. The summed E-state index contributed by atoms with van der Waals surface area (Å²) in [4.78, 5) is 11.3. The van der Waals surface area contributed by atoms with Gasteiger partial charge in [-0.1, -0.05) is 6.07 Å². The van der Waals surface area contributed by atoms with Gasteiger partial charge in [0, 0.05) is 0 Å². The first-order chi connectivity index (χ1) is 7.28. The molecule has 4 nitrogen and oxygen atoms in total. The molecule has 0 unspecified atom stereocenters. The third-order valence-corrected chi connectivity index (χ3v) is 1.70. The van der Waals surface area contributed by atoms with Crippen LogP contribution in [-0.4, -0.2) is 16.9 Å². The third kappa shape index (κ3) is 3.81. The minimum Gasteiger partial charge on any atom is -0.504 e. The van der Waals surface area contributed by atoms with Gasteiger partial charge in [0.2, 0.25) is 0 Å². The summed E-state index contributed by atoms with van der Waals surface area (Å²) in [5.74, 6) is 0.0192. The van der Waals surface area contributed by atoms with Gasteiger partial charge in [0.1, 0.15) is 5.60 Å². The van der Waals surface area contributed by atoms with Crippen LogP contribution >= 0.6 is 0 Å². The van der Waals surface area contributed by atoms with Gasteiger partial charge >= 0.3 is 6.16 Å². The first kappa shape index (κ1) is 12.4. The number of hydrogen-bond acceptors (Lipinski definition) is 4. The molecule has 16 heavy (non-hydrogen) atoms. The van der Waals surface area contributed by atoms with Crippen molar-refractivity contribution in [3.05, 3.63) is 23.8 Å². The van der Waals surface area contributed by atoms with E-state index >= 15 is 0 Å². The van der Waals surface area contributed by atoms with E-state index < -0.39 is 11.8 Å². The lowest BCUT2D eigenvalue weighted by Crippen LogP contribution is -2.25. The molecule has 4 heteroatoms. The molecule has 0 amide bonds. The van der Waals surface area contributed by atoms with E-state index in [2.05, 4.69) is 0 Å². The molecule has 0 aliphatic rings. The molecule has 1 rings (SSSR count). The first-order valence-corrected chi connectivity index (χ1v) is 4.98. The number of aromatic hydroxyl groups is 1. The van der Waals surface area contributed by atoms with Gasteiger partial charge in [-0.15, -0.1) is 0 Å². The fourth-order valence-electron chi connectivity index (χ4n) is 1.07. The Kier molecular flexibility index (Phi) is 3.42. The summed E-state index contributed by atoms with van der Waals surface area (Å²) >= 11 is 0. The van der Waals surface area contributed by atoms with Crippen LogP contribution < -0.4 is 4.74 Å². The molecule has 0 spiro atoms. The fraction of sp³-hybridized carbons (Fsp3) is 0.417. The average molecular weight is 224 g/mol. The molecular formula is C12H16O4. The monoisotopic (exact) mass is 224 g/mol. The molecule has 0 saturated heterocycles. The van der Waals surface area contributed by atoms with Crippen molar-refractivity contribution in [2.45, 2.75) is 33.3 Å². The molecule has 0 atom stereocenters. The van der Waals surface area contributed by atoms with Crippen LogP contribution in [0.15, 0.2) is 18.2 Å². The van der Waals surface area contributed by atoms with Crippen LogP contribution in [0.2, 0.25) is 0 Å². The fourth-order valence-corrected chi connectivity index (χ4v) is 1.07. The Morgan fingerprint density at radius 3 is 2.44 bits per heavy atom. The molecule has 88 valence electrons. The number of aryl methyl sites for hydroxylation is 1. The predicted octanol–water partition coefficient (Wildman–Crippen LogP) is 3.01. The number of phenolic OH excluding ortho intramolecular Hbond substituents is 1. The van der Waals surface area contributed by atoms with Crippen LogP contribution in [0.1, 0.15) is 26.3 Å². The average Bonchev–Trinajstić information content (AvgIpc) is 2.06. The van der Waals surface area contributed by atoms with Gasteiger partial charge in [0.15, 0.2) is 11.5 Å². The van der Waals surface area contributed by atoms with Crippen LogP contribution in [0.5, 0.6) is 11.5 Å². The van der Waals surface area contributed by atoms with Crippen LogP contribution in [0.3, 0.4) is 0 Å². The molecule has 1 N–H and O–H groups in total. The van der Waals surface area contributed by atoms with Crippen molar-refractivity contribution < 1.29 is 19.4 Å². The van der Waals surface area contributed by atoms with Crippen molar-refractivity contribution in [3.63, 3.8) is 0 Å². The summed E-state index contributed by atoms with van der Waals surface area (Å²) in [6.07, 6.45) is -0.827. The van der Waals surface area contributed by atoms with E-state index in [9.17, 15) is 9.90 Å². The number of ether oxygens (including phenoxy) is 2. The lowest BCUT2D eigenvalue weighted by atomic mass is 10.2. The van der Waals surface area contributed by atoms with Gasteiger partial charge < -0.3 is 14.6 Å². The second kappa shape index (κ2) is 4.43. The summed E-state index contributed by atoms with van der Waals surface area (Å²) < 4.78 is 9.82. The third-order valence-electron chi connectivity index (χ3n) is 1.70. The molecule has 0 aliphatic carbocycles. The summed E-state index contributed by atoms with van der Waals surface area (Å²) in [6.45, 7) is 7.05. The van der Waals surface area contributed by atoms with Gasteiger partial charge in [-0.3, -0.25) is 0 Å². The topological polar surface area (TPSA) is 55.8 Å². The van der Waals surface area contributed by atoms with E-state index in [0.717, 1.165) is 5.56 Å². The van der Waals surface area contributed by atoms with Gasteiger partial charge in [0.25, 0.3) is 0 Å². The van der Waals surface area contributed by atoms with Crippen molar-refractivity contribution >= 4 is 6.16 Å². The smallest absolute Gasteiger partial charge is 0.504 e. The lowest BCUT2D eigenvalue weighted by molar-refractivity contribution is 0.0200. The quantitative estimate of drug-likeness (QED) is 0.588. The van der Waals surface area contributed by atoms with E-state index in [-0.39, 0.29) is 11.5 Å². The highest BCUT2D eigenvalue weighted by Gasteiger charge is 2.19. The standard InChI is InChI=1S/C12H16O4/c1-8-5-6-10(9(13)7-8)15-11(14)16-12(2,3)4/h5-7,13H,1-4H3. The number of carbonyl (C=O) groups is 1. The number of phenols is 1. The molecule has 0 heterocycles. The zero-order chi connectivity index (χ0) is 12.3. The zero-order valence-electron chi connectivity index (χ0n) is 9.90. The molecular weight excluding hydrogens is 208 g/mol. The van der Waals surface area contributed by atoms with Crippen molar-refractivity contribution in [1.82, 2.24) is 0 Å². The maximum atomic E-state index is 11.3. The Balaban J connectivity index is 2.70. The van der Waals surface area contributed by atoms with E-state index in [0.29, 0.717) is 0 Å². The molecule has 0 aromatic heterocycles. The van der Waals surface area contributed by atoms with E-state index in [4.69, 9.17) is 9.47 Å². The Morgan fingerprint density at radius 2 is 1.94 bits per heavy atom. The number of hydrogen-bond donors (Lipinski definition) is 1. The molecule has 0 aliphatic heterocycles. The Labute approximate surface area is 94.8 Å². The molecule has 1 aromatic rings. The summed E-state index contributed by atoms with van der Waals surface area (Å²) in [6, 6.07) is 4.77. The normalized spacial score (nSPS) is 11.0. The Bertz CT molecular complexity index is 390. The molecule has 0 fully saturated rings. The van der Waals surface area contributed by atoms with Crippen LogP contribution in [-0.2, 0) is 4.74 Å². The number of benzene rings is 1. The van der Waals surface area contributed by atoms with Crippen molar-refractivity contribution in [1.29, 1.82) is 0 Å². The first-order valence-electron chi connectivity index (χ1n) is 4.98. The second-order valence-corrected chi connectivity index (χ2v) is 4.54. The van der Waals surface area contributed by atoms with Gasteiger partial charge in [-0.25, -0.2) is 4.79 Å². The van der Waals surface area contributed by atoms with Crippen molar-refractivity contribution in [2.24, 2.45) is 0 Å². The van der Waals surface area contributed by atoms with Crippen LogP contribution in [0.25, 0.3) is 0 Å². The van der Waals surface area contributed by atoms with Gasteiger partial charge in [-0.2, -0.15) is 0 Å². The zero-order valence-corrected chi connectivity index (χ0v) is 9.90. The summed E-state index contributed by atoms with van der Waals surface area (Å²) in [5, 5.41) is 9.51.